The summed E-state index contributed by atoms with van der Waals surface area (Å²) in [6, 6.07) is 12.2. The Hall–Kier alpha value is -2.03. The highest BCUT2D eigenvalue weighted by Gasteiger charge is 2.21. The van der Waals surface area contributed by atoms with Gasteiger partial charge in [-0.3, -0.25) is 0 Å². The van der Waals surface area contributed by atoms with Crippen LogP contribution in [0.2, 0.25) is 0 Å². The molecule has 2 aromatic rings. The molecule has 3 heteroatoms. The predicted molar refractivity (Wildman–Crippen MR) is 96.0 cm³/mol. The molecule has 0 aromatic heterocycles. The average molecular weight is 344 g/mol. The van der Waals surface area contributed by atoms with Crippen molar-refractivity contribution in [1.29, 1.82) is 0 Å². The molecule has 0 atom stereocenters. The summed E-state index contributed by atoms with van der Waals surface area (Å²) in [4.78, 5) is 0. The van der Waals surface area contributed by atoms with E-state index in [1.165, 1.54) is 24.5 Å². The van der Waals surface area contributed by atoms with Crippen molar-refractivity contribution in [2.24, 2.45) is 5.92 Å². The molecule has 0 unspecified atom stereocenters. The van der Waals surface area contributed by atoms with E-state index in [0.29, 0.717) is 23.7 Å². The Bertz CT molecular complexity index is 711. The number of hydrogen-bond donors (Lipinski definition) is 0. The first kappa shape index (κ1) is 17.8. The molecule has 0 saturated heterocycles. The molecule has 0 nitrogen and oxygen atoms in total. The van der Waals surface area contributed by atoms with Gasteiger partial charge in [-0.25, -0.2) is 13.2 Å². The predicted octanol–water partition coefficient (Wildman–Crippen LogP) is 7.17. The Morgan fingerprint density at radius 3 is 2.16 bits per heavy atom. The van der Waals surface area contributed by atoms with Gasteiger partial charge in [-0.2, -0.15) is 0 Å². The normalized spacial score (nSPS) is 20.9. The van der Waals surface area contributed by atoms with Gasteiger partial charge < -0.3 is 0 Å². The molecule has 132 valence electrons. The van der Waals surface area contributed by atoms with E-state index in [4.69, 9.17) is 0 Å². The minimum absolute atomic E-state index is 0.562. The summed E-state index contributed by atoms with van der Waals surface area (Å²) >= 11 is 0. The zero-order valence-electron chi connectivity index (χ0n) is 14.2. The van der Waals surface area contributed by atoms with Crippen LogP contribution in [0.5, 0.6) is 0 Å². The van der Waals surface area contributed by atoms with E-state index in [-0.39, 0.29) is 0 Å². The second kappa shape index (κ2) is 8.37. The van der Waals surface area contributed by atoms with Crippen molar-refractivity contribution >= 4 is 0 Å². The second-order valence-corrected chi connectivity index (χ2v) is 6.91. The Kier molecular flexibility index (Phi) is 5.95. The van der Waals surface area contributed by atoms with E-state index < -0.39 is 11.6 Å². The fourth-order valence-electron chi connectivity index (χ4n) is 3.80. The molecule has 3 rings (SSSR count). The molecular weight excluding hydrogens is 321 g/mol. The van der Waals surface area contributed by atoms with Gasteiger partial charge in [0, 0.05) is 0 Å². The third kappa shape index (κ3) is 4.53. The molecule has 1 fully saturated rings. The molecule has 0 amide bonds. The fraction of sp³-hybridized carbons (Fsp3) is 0.364. The highest BCUT2D eigenvalue weighted by molar-refractivity contribution is 5.63. The lowest BCUT2D eigenvalue weighted by atomic mass is 9.77. The van der Waals surface area contributed by atoms with E-state index in [1.807, 2.05) is 12.1 Å². The number of benzene rings is 2. The molecule has 1 aliphatic carbocycles. The minimum Gasteiger partial charge on any atom is -0.216 e. The van der Waals surface area contributed by atoms with Crippen LogP contribution in [0.15, 0.2) is 54.9 Å². The highest BCUT2D eigenvalue weighted by Crippen LogP contribution is 2.38. The first-order valence-corrected chi connectivity index (χ1v) is 8.98. The van der Waals surface area contributed by atoms with E-state index >= 15 is 0 Å². The monoisotopic (exact) mass is 344 g/mol. The fourth-order valence-corrected chi connectivity index (χ4v) is 3.80. The first-order chi connectivity index (χ1) is 12.2. The highest BCUT2D eigenvalue weighted by atomic mass is 19.2. The maximum absolute atomic E-state index is 13.4. The summed E-state index contributed by atoms with van der Waals surface area (Å²) in [5.74, 6) is -0.373. The van der Waals surface area contributed by atoms with Gasteiger partial charge in [-0.15, -0.1) is 0 Å². The molecule has 0 aliphatic heterocycles. The topological polar surface area (TPSA) is 0 Å². The smallest absolute Gasteiger partial charge is 0.159 e. The van der Waals surface area contributed by atoms with Gasteiger partial charge in [0.1, 0.15) is 0 Å². The Balaban J connectivity index is 1.60. The van der Waals surface area contributed by atoms with Gasteiger partial charge in [0.2, 0.25) is 0 Å². The second-order valence-electron chi connectivity index (χ2n) is 6.91. The summed E-state index contributed by atoms with van der Waals surface area (Å²) < 4.78 is 38.4. The molecule has 25 heavy (non-hydrogen) atoms. The van der Waals surface area contributed by atoms with E-state index in [0.717, 1.165) is 37.3 Å². The standard InChI is InChI=1S/C22H23F3/c23-14-2-1-3-16-4-6-17(7-5-16)18-8-10-19(11-9-18)20-12-13-21(24)22(25)15-20/h2,8-17H,1,3-7H2/b14-2+/t16-,17-. The van der Waals surface area contributed by atoms with Gasteiger partial charge in [0.25, 0.3) is 0 Å². The van der Waals surface area contributed by atoms with Crippen LogP contribution < -0.4 is 0 Å². The van der Waals surface area contributed by atoms with Gasteiger partial charge in [-0.1, -0.05) is 36.4 Å². The van der Waals surface area contributed by atoms with Crippen molar-refractivity contribution in [3.8, 4) is 11.1 Å². The zero-order chi connectivity index (χ0) is 17.6. The number of halogens is 3. The lowest BCUT2D eigenvalue weighted by molar-refractivity contribution is 0.311. The lowest BCUT2D eigenvalue weighted by Crippen LogP contribution is -2.13. The van der Waals surface area contributed by atoms with Gasteiger partial charge in [0.05, 0.1) is 6.33 Å². The summed E-state index contributed by atoms with van der Waals surface area (Å²) in [5, 5.41) is 0. The number of rotatable bonds is 5. The van der Waals surface area contributed by atoms with E-state index in [9.17, 15) is 13.2 Å². The maximum atomic E-state index is 13.4. The molecule has 0 bridgehead atoms. The van der Waals surface area contributed by atoms with Gasteiger partial charge >= 0.3 is 0 Å². The van der Waals surface area contributed by atoms with Crippen molar-refractivity contribution in [2.45, 2.75) is 44.4 Å². The summed E-state index contributed by atoms with van der Waals surface area (Å²) in [7, 11) is 0. The summed E-state index contributed by atoms with van der Waals surface area (Å²) in [6.45, 7) is 0. The van der Waals surface area contributed by atoms with Crippen LogP contribution in [-0.4, -0.2) is 0 Å². The van der Waals surface area contributed by atoms with Crippen LogP contribution in [0.4, 0.5) is 13.2 Å². The van der Waals surface area contributed by atoms with Crippen LogP contribution in [-0.2, 0) is 0 Å². The molecule has 2 aromatic carbocycles. The molecular formula is C22H23F3. The largest absolute Gasteiger partial charge is 0.216 e. The molecule has 1 aliphatic rings. The Morgan fingerprint density at radius 2 is 1.52 bits per heavy atom. The lowest BCUT2D eigenvalue weighted by Gasteiger charge is -2.28. The zero-order valence-corrected chi connectivity index (χ0v) is 14.2. The van der Waals surface area contributed by atoms with Crippen molar-refractivity contribution < 1.29 is 13.2 Å². The molecule has 1 saturated carbocycles. The summed E-state index contributed by atoms with van der Waals surface area (Å²) in [5.41, 5.74) is 2.90. The quantitative estimate of drug-likeness (QED) is 0.539. The van der Waals surface area contributed by atoms with E-state index in [1.54, 1.807) is 12.1 Å². The van der Waals surface area contributed by atoms with Crippen LogP contribution in [0.3, 0.4) is 0 Å². The molecule has 0 spiro atoms. The van der Waals surface area contributed by atoms with Crippen LogP contribution in [0, 0.1) is 17.6 Å². The van der Waals surface area contributed by atoms with Crippen molar-refractivity contribution in [3.63, 3.8) is 0 Å². The van der Waals surface area contributed by atoms with Crippen molar-refractivity contribution in [2.75, 3.05) is 0 Å². The third-order valence-corrected chi connectivity index (χ3v) is 5.31. The molecule has 0 radical (unpaired) electrons. The average Bonchev–Trinajstić information content (AvgIpc) is 2.65. The van der Waals surface area contributed by atoms with Crippen molar-refractivity contribution in [3.05, 3.63) is 72.1 Å². The van der Waals surface area contributed by atoms with Crippen molar-refractivity contribution in [1.82, 2.24) is 0 Å². The Morgan fingerprint density at radius 1 is 0.840 bits per heavy atom. The SMILES string of the molecule is F/C=C/CC[C@H]1CC[C@H](c2ccc(-c3ccc(F)c(F)c3)cc2)CC1. The number of allylic oxidation sites excluding steroid dienone is 1. The Labute approximate surface area is 147 Å². The molecule has 0 heterocycles. The molecule has 0 N–H and O–H groups in total. The van der Waals surface area contributed by atoms with Crippen LogP contribution in [0.1, 0.15) is 50.0 Å². The van der Waals surface area contributed by atoms with Gasteiger partial charge in [0.15, 0.2) is 11.6 Å². The van der Waals surface area contributed by atoms with Crippen LogP contribution in [0.25, 0.3) is 11.1 Å². The third-order valence-electron chi connectivity index (χ3n) is 5.31. The van der Waals surface area contributed by atoms with E-state index in [2.05, 4.69) is 12.1 Å². The van der Waals surface area contributed by atoms with Gasteiger partial charge in [-0.05, 0) is 79.2 Å². The van der Waals surface area contributed by atoms with Crippen LogP contribution >= 0.6 is 0 Å². The number of hydrogen-bond acceptors (Lipinski definition) is 0. The first-order valence-electron chi connectivity index (χ1n) is 8.98. The summed E-state index contributed by atoms with van der Waals surface area (Å²) in [6.07, 6.45) is 8.84. The maximum Gasteiger partial charge on any atom is 0.159 e. The minimum atomic E-state index is -0.820.